The molecule has 21 heavy (non-hydrogen) atoms. The molecule has 5 heteroatoms. The minimum Gasteiger partial charge on any atom is -0.341 e. The second-order valence-corrected chi connectivity index (χ2v) is 6.27. The lowest BCUT2D eigenvalue weighted by molar-refractivity contribution is -0.131. The lowest BCUT2D eigenvalue weighted by Gasteiger charge is -2.29. The summed E-state index contributed by atoms with van der Waals surface area (Å²) in [5, 5.41) is 0.351. The molecule has 116 valence electrons. The lowest BCUT2D eigenvalue weighted by Crippen LogP contribution is -2.37. The third-order valence-electron chi connectivity index (χ3n) is 4.29. The summed E-state index contributed by atoms with van der Waals surface area (Å²) in [7, 11) is 1.68. The van der Waals surface area contributed by atoms with Crippen LogP contribution >= 0.6 is 11.6 Å². The fraction of sp³-hybridized carbons (Fsp3) is 0.562. The molecule has 1 aromatic carbocycles. The monoisotopic (exact) mass is 312 g/mol. The summed E-state index contributed by atoms with van der Waals surface area (Å²) in [4.78, 5) is 13.8. The van der Waals surface area contributed by atoms with E-state index in [9.17, 15) is 9.18 Å². The maximum Gasteiger partial charge on any atom is 0.222 e. The van der Waals surface area contributed by atoms with Crippen molar-refractivity contribution in [3.8, 4) is 0 Å². The van der Waals surface area contributed by atoms with Crippen LogP contribution in [0.15, 0.2) is 18.2 Å². The van der Waals surface area contributed by atoms with E-state index in [-0.39, 0.29) is 30.2 Å². The molecule has 1 aliphatic carbocycles. The first-order chi connectivity index (χ1) is 9.99. The van der Waals surface area contributed by atoms with Crippen molar-refractivity contribution in [1.29, 1.82) is 0 Å². The number of nitrogens with two attached hydrogens (primary N) is 1. The van der Waals surface area contributed by atoms with E-state index < -0.39 is 0 Å². The Morgan fingerprint density at radius 2 is 2.14 bits per heavy atom. The second kappa shape index (κ2) is 7.23. The lowest BCUT2D eigenvalue weighted by atomic mass is 9.83. The molecule has 2 rings (SSSR count). The van der Waals surface area contributed by atoms with Gasteiger partial charge < -0.3 is 10.6 Å². The molecule has 1 saturated carbocycles. The number of halogens is 2. The van der Waals surface area contributed by atoms with Gasteiger partial charge in [-0.05, 0) is 30.9 Å². The molecule has 0 heterocycles. The maximum absolute atomic E-state index is 13.8. The predicted molar refractivity (Wildman–Crippen MR) is 82.4 cm³/mol. The largest absolute Gasteiger partial charge is 0.341 e. The van der Waals surface area contributed by atoms with Crippen molar-refractivity contribution < 1.29 is 9.18 Å². The molecule has 0 spiro atoms. The van der Waals surface area contributed by atoms with Gasteiger partial charge in [0, 0.05) is 36.6 Å². The minimum atomic E-state index is -0.378. The highest BCUT2D eigenvalue weighted by atomic mass is 35.5. The van der Waals surface area contributed by atoms with Crippen LogP contribution in [0.2, 0.25) is 5.02 Å². The molecule has 1 aliphatic rings. The number of hydrogen-bond acceptors (Lipinski definition) is 2. The summed E-state index contributed by atoms with van der Waals surface area (Å²) in [5.41, 5.74) is 6.44. The van der Waals surface area contributed by atoms with E-state index in [4.69, 9.17) is 17.3 Å². The number of amides is 1. The summed E-state index contributed by atoms with van der Waals surface area (Å²) in [6, 6.07) is 4.66. The van der Waals surface area contributed by atoms with E-state index >= 15 is 0 Å². The highest BCUT2D eigenvalue weighted by Crippen LogP contribution is 2.27. The number of benzene rings is 1. The van der Waals surface area contributed by atoms with E-state index in [1.165, 1.54) is 11.0 Å². The van der Waals surface area contributed by atoms with E-state index in [0.717, 1.165) is 25.7 Å². The molecule has 2 N–H and O–H groups in total. The molecule has 1 aromatic rings. The molecular weight excluding hydrogens is 291 g/mol. The Morgan fingerprint density at radius 3 is 2.81 bits per heavy atom. The first-order valence-corrected chi connectivity index (χ1v) is 7.79. The van der Waals surface area contributed by atoms with Crippen molar-refractivity contribution in [2.24, 2.45) is 11.7 Å². The number of carbonyl (C=O) groups excluding carboxylic acids is 1. The Hall–Kier alpha value is -1.13. The van der Waals surface area contributed by atoms with Crippen molar-refractivity contribution >= 4 is 17.5 Å². The Kier molecular flexibility index (Phi) is 5.59. The Morgan fingerprint density at radius 1 is 1.43 bits per heavy atom. The molecule has 2 unspecified atom stereocenters. The van der Waals surface area contributed by atoms with E-state index in [1.54, 1.807) is 19.2 Å². The van der Waals surface area contributed by atoms with Gasteiger partial charge >= 0.3 is 0 Å². The molecule has 0 saturated heterocycles. The summed E-state index contributed by atoms with van der Waals surface area (Å²) < 4.78 is 13.8. The van der Waals surface area contributed by atoms with Gasteiger partial charge in [-0.2, -0.15) is 0 Å². The van der Waals surface area contributed by atoms with Crippen LogP contribution in [0.1, 0.15) is 37.7 Å². The molecule has 0 bridgehead atoms. The average molecular weight is 313 g/mol. The zero-order chi connectivity index (χ0) is 15.4. The number of hydrogen-bond donors (Lipinski definition) is 1. The second-order valence-electron chi connectivity index (χ2n) is 5.86. The van der Waals surface area contributed by atoms with Crippen molar-refractivity contribution in [1.82, 2.24) is 4.90 Å². The van der Waals surface area contributed by atoms with Crippen LogP contribution < -0.4 is 5.73 Å². The summed E-state index contributed by atoms with van der Waals surface area (Å²) >= 11 is 6.00. The molecule has 1 fully saturated rings. The molecular formula is C16H22ClFN2O. The van der Waals surface area contributed by atoms with Crippen LogP contribution in [0.3, 0.4) is 0 Å². The standard InChI is InChI=1S/C16H22ClFN2O/c1-20(10-12-13(17)6-4-7-14(12)18)16(21)9-11-5-2-3-8-15(11)19/h4,6-7,11,15H,2-3,5,8-10,19H2,1H3. The van der Waals surface area contributed by atoms with Gasteiger partial charge in [0.1, 0.15) is 5.82 Å². The van der Waals surface area contributed by atoms with Crippen LogP contribution in [0, 0.1) is 11.7 Å². The zero-order valence-electron chi connectivity index (χ0n) is 12.3. The first kappa shape index (κ1) is 16.2. The molecule has 2 atom stereocenters. The van der Waals surface area contributed by atoms with Gasteiger partial charge in [0.2, 0.25) is 5.91 Å². The topological polar surface area (TPSA) is 46.3 Å². The zero-order valence-corrected chi connectivity index (χ0v) is 13.1. The summed E-state index contributed by atoms with van der Waals surface area (Å²) in [5.74, 6) is -0.141. The van der Waals surface area contributed by atoms with E-state index in [2.05, 4.69) is 0 Å². The molecule has 0 aromatic heterocycles. The maximum atomic E-state index is 13.8. The minimum absolute atomic E-state index is 0.00308. The van der Waals surface area contributed by atoms with Gasteiger partial charge in [0.25, 0.3) is 0 Å². The predicted octanol–water partition coefficient (Wildman–Crippen LogP) is 3.35. The SMILES string of the molecule is CN(Cc1c(F)cccc1Cl)C(=O)CC1CCCCC1N. The van der Waals surface area contributed by atoms with E-state index in [1.807, 2.05) is 0 Å². The quantitative estimate of drug-likeness (QED) is 0.926. The van der Waals surface area contributed by atoms with Crippen LogP contribution in [0.25, 0.3) is 0 Å². The molecule has 0 radical (unpaired) electrons. The van der Waals surface area contributed by atoms with Crippen molar-refractivity contribution in [3.05, 3.63) is 34.6 Å². The fourth-order valence-corrected chi connectivity index (χ4v) is 3.10. The fourth-order valence-electron chi connectivity index (χ4n) is 2.88. The first-order valence-electron chi connectivity index (χ1n) is 7.41. The van der Waals surface area contributed by atoms with Gasteiger partial charge in [-0.25, -0.2) is 4.39 Å². The van der Waals surface area contributed by atoms with Gasteiger partial charge in [-0.3, -0.25) is 4.79 Å². The third-order valence-corrected chi connectivity index (χ3v) is 4.64. The summed E-state index contributed by atoms with van der Waals surface area (Å²) in [6.45, 7) is 0.187. The van der Waals surface area contributed by atoms with Gasteiger partial charge in [0.15, 0.2) is 0 Å². The van der Waals surface area contributed by atoms with Crippen LogP contribution in [0.4, 0.5) is 4.39 Å². The van der Waals surface area contributed by atoms with Crippen LogP contribution in [-0.2, 0) is 11.3 Å². The third kappa shape index (κ3) is 4.17. The van der Waals surface area contributed by atoms with Crippen LogP contribution in [-0.4, -0.2) is 23.9 Å². The Labute approximate surface area is 130 Å². The molecule has 0 aliphatic heterocycles. The highest BCUT2D eigenvalue weighted by molar-refractivity contribution is 6.31. The molecule has 1 amide bonds. The van der Waals surface area contributed by atoms with Gasteiger partial charge in [-0.15, -0.1) is 0 Å². The van der Waals surface area contributed by atoms with Gasteiger partial charge in [-0.1, -0.05) is 30.5 Å². The number of carbonyl (C=O) groups is 1. The van der Waals surface area contributed by atoms with Crippen molar-refractivity contribution in [3.63, 3.8) is 0 Å². The Balaban J connectivity index is 1.96. The molecule has 3 nitrogen and oxygen atoms in total. The normalized spacial score (nSPS) is 22.1. The number of rotatable bonds is 4. The summed E-state index contributed by atoms with van der Waals surface area (Å²) in [6.07, 6.45) is 4.70. The van der Waals surface area contributed by atoms with Crippen molar-refractivity contribution in [2.75, 3.05) is 7.05 Å². The average Bonchev–Trinajstić information content (AvgIpc) is 2.45. The smallest absolute Gasteiger partial charge is 0.222 e. The van der Waals surface area contributed by atoms with Crippen molar-refractivity contribution in [2.45, 2.75) is 44.7 Å². The van der Waals surface area contributed by atoms with Gasteiger partial charge in [0.05, 0.1) is 0 Å². The highest BCUT2D eigenvalue weighted by Gasteiger charge is 2.25. The van der Waals surface area contributed by atoms with Crippen LogP contribution in [0.5, 0.6) is 0 Å². The number of nitrogens with zero attached hydrogens (tertiary/aromatic N) is 1. The van der Waals surface area contributed by atoms with E-state index in [0.29, 0.717) is 17.0 Å². The Bertz CT molecular complexity index is 489.